The summed E-state index contributed by atoms with van der Waals surface area (Å²) in [5, 5.41) is 10.9. The Kier molecular flexibility index (Phi) is 5.06. The van der Waals surface area contributed by atoms with E-state index in [1.807, 2.05) is 13.8 Å². The van der Waals surface area contributed by atoms with E-state index in [0.717, 1.165) is 16.7 Å². The fraction of sp³-hybridized carbons (Fsp3) is 0.125. The Labute approximate surface area is 173 Å². The number of aryl methyl sites for hydroxylation is 2. The first-order valence-electron chi connectivity index (χ1n) is 9.42. The highest BCUT2D eigenvalue weighted by Crippen LogP contribution is 2.35. The standard InChI is InChI=1S/C24H19NO5/c1-15-6-7-16(2)18(10-15)14-29-20-8-9-21-22(13-20)30-23(24(21)26)12-17-4-3-5-19(11-17)25(27)28/h3-13H,14H2,1-2H3. The van der Waals surface area contributed by atoms with E-state index in [1.54, 1.807) is 30.3 Å². The third-order valence-electron chi connectivity index (χ3n) is 4.92. The van der Waals surface area contributed by atoms with Crippen LogP contribution in [0.3, 0.4) is 0 Å². The SMILES string of the molecule is Cc1ccc(C)c(COc2ccc3c(c2)OC(=Cc2cccc([N+](=O)[O-])c2)C3=O)c1. The molecule has 1 aliphatic heterocycles. The van der Waals surface area contributed by atoms with Crippen molar-refractivity contribution < 1.29 is 19.2 Å². The van der Waals surface area contributed by atoms with Crippen LogP contribution in [0.2, 0.25) is 0 Å². The number of carbonyl (C=O) groups is 1. The van der Waals surface area contributed by atoms with E-state index in [4.69, 9.17) is 9.47 Å². The molecule has 0 fully saturated rings. The number of Topliss-reactive ketones (excluding diaryl/α,β-unsaturated/α-hetero) is 1. The van der Waals surface area contributed by atoms with E-state index in [2.05, 4.69) is 18.2 Å². The van der Waals surface area contributed by atoms with Crippen molar-refractivity contribution in [1.82, 2.24) is 0 Å². The quantitative estimate of drug-likeness (QED) is 0.325. The molecule has 0 unspecified atom stereocenters. The van der Waals surface area contributed by atoms with Crippen LogP contribution in [0.15, 0.2) is 66.4 Å². The van der Waals surface area contributed by atoms with Gasteiger partial charge in [-0.05, 0) is 48.7 Å². The van der Waals surface area contributed by atoms with E-state index in [0.29, 0.717) is 29.2 Å². The lowest BCUT2D eigenvalue weighted by molar-refractivity contribution is -0.384. The zero-order valence-corrected chi connectivity index (χ0v) is 16.5. The predicted octanol–water partition coefficient (Wildman–Crippen LogP) is 5.41. The monoisotopic (exact) mass is 401 g/mol. The summed E-state index contributed by atoms with van der Waals surface area (Å²) in [4.78, 5) is 23.1. The van der Waals surface area contributed by atoms with E-state index < -0.39 is 4.92 Å². The van der Waals surface area contributed by atoms with E-state index in [-0.39, 0.29) is 17.2 Å². The Bertz CT molecular complexity index is 1200. The number of nitro benzene ring substituents is 1. The Balaban J connectivity index is 1.53. The maximum atomic E-state index is 12.6. The van der Waals surface area contributed by atoms with Crippen LogP contribution < -0.4 is 9.47 Å². The predicted molar refractivity (Wildman–Crippen MR) is 113 cm³/mol. The molecule has 0 saturated heterocycles. The molecule has 0 aromatic heterocycles. The summed E-state index contributed by atoms with van der Waals surface area (Å²) in [6, 6.07) is 17.3. The Morgan fingerprint density at radius 3 is 2.70 bits per heavy atom. The third-order valence-corrected chi connectivity index (χ3v) is 4.92. The molecule has 0 aliphatic carbocycles. The number of rotatable bonds is 5. The maximum Gasteiger partial charge on any atom is 0.270 e. The second kappa shape index (κ2) is 7.83. The zero-order chi connectivity index (χ0) is 21.3. The molecule has 3 aromatic rings. The summed E-state index contributed by atoms with van der Waals surface area (Å²) in [6.45, 7) is 4.48. The fourth-order valence-electron chi connectivity index (χ4n) is 3.25. The highest BCUT2D eigenvalue weighted by atomic mass is 16.6. The summed E-state index contributed by atoms with van der Waals surface area (Å²) >= 11 is 0. The first-order valence-corrected chi connectivity index (χ1v) is 9.42. The van der Waals surface area contributed by atoms with Crippen LogP contribution >= 0.6 is 0 Å². The van der Waals surface area contributed by atoms with Crippen molar-refractivity contribution in [1.29, 1.82) is 0 Å². The molecule has 6 heteroatoms. The summed E-state index contributed by atoms with van der Waals surface area (Å²) in [7, 11) is 0. The first kappa shape index (κ1) is 19.4. The van der Waals surface area contributed by atoms with Crippen molar-refractivity contribution in [2.45, 2.75) is 20.5 Å². The van der Waals surface area contributed by atoms with Crippen LogP contribution in [0.25, 0.3) is 6.08 Å². The number of ketones is 1. The second-order valence-corrected chi connectivity index (χ2v) is 7.17. The van der Waals surface area contributed by atoms with Gasteiger partial charge in [0.2, 0.25) is 5.78 Å². The zero-order valence-electron chi connectivity index (χ0n) is 16.5. The van der Waals surface area contributed by atoms with Crippen LogP contribution in [0.1, 0.15) is 32.6 Å². The van der Waals surface area contributed by atoms with Crippen molar-refractivity contribution in [3.8, 4) is 11.5 Å². The van der Waals surface area contributed by atoms with Crippen molar-refractivity contribution in [2.75, 3.05) is 0 Å². The molecule has 1 heterocycles. The molecular weight excluding hydrogens is 382 g/mol. The highest BCUT2D eigenvalue weighted by Gasteiger charge is 2.28. The molecule has 0 atom stereocenters. The van der Waals surface area contributed by atoms with E-state index >= 15 is 0 Å². The van der Waals surface area contributed by atoms with Gasteiger partial charge in [-0.15, -0.1) is 0 Å². The highest BCUT2D eigenvalue weighted by molar-refractivity contribution is 6.14. The normalized spacial score (nSPS) is 13.8. The van der Waals surface area contributed by atoms with Crippen LogP contribution in [0, 0.1) is 24.0 Å². The largest absolute Gasteiger partial charge is 0.489 e. The number of nitro groups is 1. The Morgan fingerprint density at radius 2 is 1.90 bits per heavy atom. The summed E-state index contributed by atoms with van der Waals surface area (Å²) in [5.74, 6) is 0.865. The minimum Gasteiger partial charge on any atom is -0.489 e. The van der Waals surface area contributed by atoms with Gasteiger partial charge >= 0.3 is 0 Å². The number of nitrogens with zero attached hydrogens (tertiary/aromatic N) is 1. The van der Waals surface area contributed by atoms with Crippen LogP contribution in [-0.4, -0.2) is 10.7 Å². The smallest absolute Gasteiger partial charge is 0.270 e. The van der Waals surface area contributed by atoms with Gasteiger partial charge < -0.3 is 9.47 Å². The van der Waals surface area contributed by atoms with Crippen LogP contribution in [0.5, 0.6) is 11.5 Å². The number of benzene rings is 3. The molecule has 30 heavy (non-hydrogen) atoms. The molecule has 0 saturated carbocycles. The van der Waals surface area contributed by atoms with Gasteiger partial charge in [-0.3, -0.25) is 14.9 Å². The van der Waals surface area contributed by atoms with Gasteiger partial charge in [0, 0.05) is 18.2 Å². The molecule has 1 aliphatic rings. The number of fused-ring (bicyclic) bond motifs is 1. The van der Waals surface area contributed by atoms with Crippen molar-refractivity contribution in [2.24, 2.45) is 0 Å². The van der Waals surface area contributed by atoms with Gasteiger partial charge in [0.05, 0.1) is 10.5 Å². The third kappa shape index (κ3) is 3.93. The van der Waals surface area contributed by atoms with Gasteiger partial charge in [-0.25, -0.2) is 0 Å². The van der Waals surface area contributed by atoms with E-state index in [1.165, 1.54) is 18.2 Å². The fourth-order valence-corrected chi connectivity index (χ4v) is 3.25. The lowest BCUT2D eigenvalue weighted by atomic mass is 10.1. The molecule has 0 bridgehead atoms. The van der Waals surface area contributed by atoms with Gasteiger partial charge in [-0.1, -0.05) is 35.9 Å². The Hall–Kier alpha value is -3.93. The molecule has 0 amide bonds. The lowest BCUT2D eigenvalue weighted by Gasteiger charge is -2.10. The molecule has 0 radical (unpaired) electrons. The van der Waals surface area contributed by atoms with Crippen molar-refractivity contribution >= 4 is 17.5 Å². The van der Waals surface area contributed by atoms with Crippen molar-refractivity contribution in [3.05, 3.63) is 104 Å². The van der Waals surface area contributed by atoms with Gasteiger partial charge in [0.15, 0.2) is 5.76 Å². The van der Waals surface area contributed by atoms with Gasteiger partial charge in [0.1, 0.15) is 18.1 Å². The molecule has 150 valence electrons. The van der Waals surface area contributed by atoms with Gasteiger partial charge in [-0.2, -0.15) is 0 Å². The molecule has 3 aromatic carbocycles. The lowest BCUT2D eigenvalue weighted by Crippen LogP contribution is -1.99. The number of carbonyl (C=O) groups excluding carboxylic acids is 1. The van der Waals surface area contributed by atoms with E-state index in [9.17, 15) is 14.9 Å². The van der Waals surface area contributed by atoms with Gasteiger partial charge in [0.25, 0.3) is 5.69 Å². The summed E-state index contributed by atoms with van der Waals surface area (Å²) < 4.78 is 11.6. The minimum atomic E-state index is -0.479. The second-order valence-electron chi connectivity index (χ2n) is 7.17. The van der Waals surface area contributed by atoms with Crippen molar-refractivity contribution in [3.63, 3.8) is 0 Å². The maximum absolute atomic E-state index is 12.6. The number of allylic oxidation sites excluding steroid dienone is 1. The average molecular weight is 401 g/mol. The summed E-state index contributed by atoms with van der Waals surface area (Å²) in [6.07, 6.45) is 1.51. The molecule has 0 N–H and O–H groups in total. The first-order chi connectivity index (χ1) is 14.4. The molecule has 0 spiro atoms. The number of hydrogen-bond donors (Lipinski definition) is 0. The Morgan fingerprint density at radius 1 is 1.07 bits per heavy atom. The molecular formula is C24H19NO5. The summed E-state index contributed by atoms with van der Waals surface area (Å²) in [5.41, 5.74) is 4.32. The molecule has 4 rings (SSSR count). The average Bonchev–Trinajstić information content (AvgIpc) is 3.03. The minimum absolute atomic E-state index is 0.0468. The topological polar surface area (TPSA) is 78.7 Å². The number of hydrogen-bond acceptors (Lipinski definition) is 5. The number of non-ortho nitro benzene ring substituents is 1. The van der Waals surface area contributed by atoms with Crippen LogP contribution in [-0.2, 0) is 6.61 Å². The number of ether oxygens (including phenoxy) is 2. The molecule has 6 nitrogen and oxygen atoms in total. The van der Waals surface area contributed by atoms with Crippen LogP contribution in [0.4, 0.5) is 5.69 Å².